The van der Waals surface area contributed by atoms with Gasteiger partial charge in [-0.25, -0.2) is 0 Å². The molecular formula is C20H28N2O3. The van der Waals surface area contributed by atoms with Crippen LogP contribution >= 0.6 is 0 Å². The molecule has 0 radical (unpaired) electrons. The summed E-state index contributed by atoms with van der Waals surface area (Å²) in [6, 6.07) is 12.1. The van der Waals surface area contributed by atoms with Crippen molar-refractivity contribution in [1.29, 1.82) is 0 Å². The van der Waals surface area contributed by atoms with Crippen molar-refractivity contribution < 1.29 is 14.3 Å². The third-order valence-electron chi connectivity index (χ3n) is 4.17. The monoisotopic (exact) mass is 344 g/mol. The van der Waals surface area contributed by atoms with Crippen LogP contribution in [-0.4, -0.2) is 42.7 Å². The molecule has 2 aromatic rings. The van der Waals surface area contributed by atoms with Gasteiger partial charge in [-0.15, -0.1) is 0 Å². The Balaban J connectivity index is 2.11. The van der Waals surface area contributed by atoms with Gasteiger partial charge < -0.3 is 18.9 Å². The lowest BCUT2D eigenvalue weighted by atomic mass is 10.2. The van der Waals surface area contributed by atoms with Gasteiger partial charge in [-0.2, -0.15) is 0 Å². The lowest BCUT2D eigenvalue weighted by Crippen LogP contribution is -2.34. The molecule has 136 valence electrons. The minimum Gasteiger partial charge on any atom is -0.497 e. The van der Waals surface area contributed by atoms with Crippen molar-refractivity contribution in [2.24, 2.45) is 0 Å². The summed E-state index contributed by atoms with van der Waals surface area (Å²) in [5, 5.41) is 0. The van der Waals surface area contributed by atoms with Crippen molar-refractivity contribution >= 4 is 5.91 Å². The second-order valence-corrected chi connectivity index (χ2v) is 6.08. The molecule has 1 amide bonds. The molecule has 1 aromatic heterocycles. The molecule has 1 heterocycles. The van der Waals surface area contributed by atoms with E-state index in [1.54, 1.807) is 14.2 Å². The molecular weight excluding hydrogens is 316 g/mol. The van der Waals surface area contributed by atoms with E-state index in [0.29, 0.717) is 6.54 Å². The minimum atomic E-state index is 0.0325. The number of amides is 1. The second-order valence-electron chi connectivity index (χ2n) is 6.08. The Kier molecular flexibility index (Phi) is 7.54. The van der Waals surface area contributed by atoms with Crippen LogP contribution in [0.25, 0.3) is 0 Å². The van der Waals surface area contributed by atoms with E-state index in [1.807, 2.05) is 35.4 Å². The number of ether oxygens (including phenoxy) is 2. The first kappa shape index (κ1) is 19.1. The molecule has 0 aliphatic rings. The average molecular weight is 344 g/mol. The molecule has 0 fully saturated rings. The molecule has 25 heavy (non-hydrogen) atoms. The molecule has 2 rings (SSSR count). The predicted octanol–water partition coefficient (Wildman–Crippen LogP) is 3.32. The zero-order valence-corrected chi connectivity index (χ0v) is 15.4. The smallest absolute Gasteiger partial charge is 0.248 e. The van der Waals surface area contributed by atoms with Crippen LogP contribution in [0.1, 0.15) is 31.0 Å². The Bertz CT molecular complexity index is 666. The Morgan fingerprint density at radius 1 is 1.20 bits per heavy atom. The third-order valence-corrected chi connectivity index (χ3v) is 4.17. The summed E-state index contributed by atoms with van der Waals surface area (Å²) < 4.78 is 12.5. The molecule has 0 saturated carbocycles. The van der Waals surface area contributed by atoms with Crippen molar-refractivity contribution in [3.8, 4) is 5.75 Å². The summed E-state index contributed by atoms with van der Waals surface area (Å²) in [5.41, 5.74) is 2.28. The van der Waals surface area contributed by atoms with Crippen molar-refractivity contribution in [3.63, 3.8) is 0 Å². The van der Waals surface area contributed by atoms with Gasteiger partial charge in [0.1, 0.15) is 12.4 Å². The normalized spacial score (nSPS) is 10.7. The van der Waals surface area contributed by atoms with E-state index in [0.717, 1.165) is 37.4 Å². The number of unbranched alkanes of at least 4 members (excludes halogenated alkanes) is 1. The summed E-state index contributed by atoms with van der Waals surface area (Å²) in [6.45, 7) is 4.35. The van der Waals surface area contributed by atoms with E-state index in [2.05, 4.69) is 23.6 Å². The highest BCUT2D eigenvalue weighted by atomic mass is 16.5. The lowest BCUT2D eigenvalue weighted by Gasteiger charge is -2.23. The van der Waals surface area contributed by atoms with Gasteiger partial charge in [-0.3, -0.25) is 4.79 Å². The first-order valence-corrected chi connectivity index (χ1v) is 8.71. The summed E-state index contributed by atoms with van der Waals surface area (Å²) in [6.07, 6.45) is 4.10. The van der Waals surface area contributed by atoms with E-state index in [9.17, 15) is 4.79 Å². The number of rotatable bonds is 10. The largest absolute Gasteiger partial charge is 0.497 e. The quantitative estimate of drug-likeness (QED) is 0.664. The van der Waals surface area contributed by atoms with Gasteiger partial charge in [-0.05, 0) is 36.2 Å². The maximum atomic E-state index is 12.3. The van der Waals surface area contributed by atoms with Gasteiger partial charge in [0, 0.05) is 32.1 Å². The Hall–Kier alpha value is -2.27. The minimum absolute atomic E-state index is 0.0325. The number of aromatic nitrogens is 1. The van der Waals surface area contributed by atoms with Gasteiger partial charge >= 0.3 is 0 Å². The molecule has 0 atom stereocenters. The Labute approximate surface area is 150 Å². The van der Waals surface area contributed by atoms with Gasteiger partial charge in [0.05, 0.1) is 13.7 Å². The number of benzene rings is 1. The molecule has 0 aliphatic carbocycles. The summed E-state index contributed by atoms with van der Waals surface area (Å²) in [4.78, 5) is 14.2. The average Bonchev–Trinajstić information content (AvgIpc) is 3.05. The van der Waals surface area contributed by atoms with Crippen LogP contribution in [0, 0.1) is 0 Å². The van der Waals surface area contributed by atoms with Gasteiger partial charge in [0.2, 0.25) is 5.91 Å². The zero-order chi connectivity index (χ0) is 18.1. The molecule has 5 heteroatoms. The van der Waals surface area contributed by atoms with Crippen molar-refractivity contribution in [3.05, 3.63) is 53.9 Å². The number of hydrogen-bond acceptors (Lipinski definition) is 3. The highest BCUT2D eigenvalue weighted by Gasteiger charge is 2.15. The standard InChI is InChI=1S/C20H28N2O3/c1-4-5-11-22(20(23)16-24-2)15-18-9-7-12-21(18)14-17-8-6-10-19(13-17)25-3/h6-10,12-13H,4-5,11,14-16H2,1-3H3. The van der Waals surface area contributed by atoms with Crippen LogP contribution in [0.5, 0.6) is 5.75 Å². The highest BCUT2D eigenvalue weighted by molar-refractivity contribution is 5.77. The van der Waals surface area contributed by atoms with Crippen molar-refractivity contribution in [1.82, 2.24) is 9.47 Å². The van der Waals surface area contributed by atoms with Crippen LogP contribution in [0.15, 0.2) is 42.6 Å². The topological polar surface area (TPSA) is 43.7 Å². The molecule has 0 aliphatic heterocycles. The second kappa shape index (κ2) is 9.89. The molecule has 0 spiro atoms. The predicted molar refractivity (Wildman–Crippen MR) is 98.7 cm³/mol. The highest BCUT2D eigenvalue weighted by Crippen LogP contribution is 2.16. The van der Waals surface area contributed by atoms with Crippen LogP contribution in [0.4, 0.5) is 0 Å². The van der Waals surface area contributed by atoms with Gasteiger partial charge in [-0.1, -0.05) is 25.5 Å². The van der Waals surface area contributed by atoms with Crippen LogP contribution in [-0.2, 0) is 22.6 Å². The third kappa shape index (κ3) is 5.64. The summed E-state index contributed by atoms with van der Waals surface area (Å²) in [7, 11) is 3.23. The van der Waals surface area contributed by atoms with E-state index in [4.69, 9.17) is 9.47 Å². The fourth-order valence-corrected chi connectivity index (χ4v) is 2.77. The van der Waals surface area contributed by atoms with Gasteiger partial charge in [0.25, 0.3) is 0 Å². The van der Waals surface area contributed by atoms with Crippen molar-refractivity contribution in [2.75, 3.05) is 27.4 Å². The number of carbonyl (C=O) groups excluding carboxylic acids is 1. The number of nitrogens with zero attached hydrogens (tertiary/aromatic N) is 2. The van der Waals surface area contributed by atoms with Crippen LogP contribution in [0.2, 0.25) is 0 Å². The first-order valence-electron chi connectivity index (χ1n) is 8.71. The molecule has 0 N–H and O–H groups in total. The first-order chi connectivity index (χ1) is 12.2. The fourth-order valence-electron chi connectivity index (χ4n) is 2.77. The van der Waals surface area contributed by atoms with Crippen LogP contribution < -0.4 is 4.74 Å². The van der Waals surface area contributed by atoms with Gasteiger partial charge in [0.15, 0.2) is 0 Å². The number of methoxy groups -OCH3 is 2. The SMILES string of the molecule is CCCCN(Cc1cccn1Cc1cccc(OC)c1)C(=O)COC. The van der Waals surface area contributed by atoms with E-state index >= 15 is 0 Å². The summed E-state index contributed by atoms with van der Waals surface area (Å²) >= 11 is 0. The molecule has 1 aromatic carbocycles. The Morgan fingerprint density at radius 3 is 2.76 bits per heavy atom. The number of hydrogen-bond donors (Lipinski definition) is 0. The number of carbonyl (C=O) groups is 1. The van der Waals surface area contributed by atoms with E-state index < -0.39 is 0 Å². The summed E-state index contributed by atoms with van der Waals surface area (Å²) in [5.74, 6) is 0.885. The van der Waals surface area contributed by atoms with E-state index in [-0.39, 0.29) is 12.5 Å². The lowest BCUT2D eigenvalue weighted by molar-refractivity contribution is -0.135. The van der Waals surface area contributed by atoms with Crippen molar-refractivity contribution in [2.45, 2.75) is 32.9 Å². The molecule has 0 unspecified atom stereocenters. The van der Waals surface area contributed by atoms with Crippen LogP contribution in [0.3, 0.4) is 0 Å². The fraction of sp³-hybridized carbons (Fsp3) is 0.450. The maximum Gasteiger partial charge on any atom is 0.248 e. The zero-order valence-electron chi connectivity index (χ0n) is 15.4. The molecule has 0 bridgehead atoms. The van der Waals surface area contributed by atoms with E-state index in [1.165, 1.54) is 5.56 Å². The molecule has 5 nitrogen and oxygen atoms in total. The Morgan fingerprint density at radius 2 is 2.04 bits per heavy atom. The maximum absolute atomic E-state index is 12.3. The molecule has 0 saturated heterocycles.